The van der Waals surface area contributed by atoms with Gasteiger partial charge in [0.2, 0.25) is 5.92 Å². The zero-order valence-corrected chi connectivity index (χ0v) is 10.6. The predicted molar refractivity (Wildman–Crippen MR) is 65.6 cm³/mol. The van der Waals surface area contributed by atoms with Crippen molar-refractivity contribution in [3.05, 3.63) is 34.4 Å². The molecule has 0 bridgehead atoms. The van der Waals surface area contributed by atoms with Crippen LogP contribution in [0.2, 0.25) is 0 Å². The van der Waals surface area contributed by atoms with Crippen molar-refractivity contribution in [1.29, 1.82) is 0 Å². The van der Waals surface area contributed by atoms with Crippen LogP contribution in [0.3, 0.4) is 0 Å². The lowest BCUT2D eigenvalue weighted by Gasteiger charge is -2.48. The van der Waals surface area contributed by atoms with Crippen LogP contribution in [0.25, 0.3) is 0 Å². The number of nitrogens with two attached hydrogens (primary N) is 1. The Bertz CT molecular complexity index is 421. The van der Waals surface area contributed by atoms with Crippen LogP contribution in [0.1, 0.15) is 35.1 Å². The highest BCUT2D eigenvalue weighted by atomic mass is 19.3. The van der Waals surface area contributed by atoms with Crippen molar-refractivity contribution in [2.24, 2.45) is 5.73 Å². The van der Waals surface area contributed by atoms with Crippen LogP contribution in [-0.2, 0) is 5.41 Å². The lowest BCUT2D eigenvalue weighted by Crippen LogP contribution is -2.54. The molecule has 0 radical (unpaired) electrons. The van der Waals surface area contributed by atoms with E-state index < -0.39 is 11.3 Å². The Morgan fingerprint density at radius 2 is 1.59 bits per heavy atom. The van der Waals surface area contributed by atoms with Crippen molar-refractivity contribution in [2.45, 2.75) is 45.0 Å². The fourth-order valence-electron chi connectivity index (χ4n) is 3.38. The highest BCUT2D eigenvalue weighted by molar-refractivity contribution is 5.45. The lowest BCUT2D eigenvalue weighted by molar-refractivity contribution is -0.124. The van der Waals surface area contributed by atoms with Crippen LogP contribution in [0.4, 0.5) is 8.78 Å². The van der Waals surface area contributed by atoms with E-state index in [4.69, 9.17) is 5.73 Å². The molecule has 17 heavy (non-hydrogen) atoms. The average Bonchev–Trinajstić information content (AvgIpc) is 2.12. The standard InChI is InChI=1S/C14H19F2N/c1-9-4-10(2)12(11(3)5-9)13(8-17)6-14(15,16)7-13/h4-5H,6-8,17H2,1-3H3. The molecule has 2 N–H and O–H groups in total. The molecule has 1 saturated carbocycles. The Hall–Kier alpha value is -0.960. The maximum Gasteiger partial charge on any atom is 0.250 e. The van der Waals surface area contributed by atoms with E-state index in [2.05, 4.69) is 12.1 Å². The molecular weight excluding hydrogens is 220 g/mol. The summed E-state index contributed by atoms with van der Waals surface area (Å²) in [5.74, 6) is -2.54. The van der Waals surface area contributed by atoms with E-state index in [0.717, 1.165) is 16.7 Å². The predicted octanol–water partition coefficient (Wildman–Crippen LogP) is 3.24. The van der Waals surface area contributed by atoms with Crippen LogP contribution in [0, 0.1) is 20.8 Å². The maximum absolute atomic E-state index is 13.2. The van der Waals surface area contributed by atoms with Gasteiger partial charge in [0.1, 0.15) is 0 Å². The van der Waals surface area contributed by atoms with Gasteiger partial charge in [0.15, 0.2) is 0 Å². The first-order valence-electron chi connectivity index (χ1n) is 5.96. The fraction of sp³-hybridized carbons (Fsp3) is 0.571. The van der Waals surface area contributed by atoms with E-state index in [1.54, 1.807) is 0 Å². The molecular formula is C14H19F2N. The van der Waals surface area contributed by atoms with Gasteiger partial charge in [-0.15, -0.1) is 0 Å². The summed E-state index contributed by atoms with van der Waals surface area (Å²) in [5, 5.41) is 0. The summed E-state index contributed by atoms with van der Waals surface area (Å²) >= 11 is 0. The van der Waals surface area contributed by atoms with E-state index in [1.165, 1.54) is 5.56 Å². The Kier molecular flexibility index (Phi) is 2.77. The molecule has 0 spiro atoms. The molecule has 1 aliphatic carbocycles. The number of hydrogen-bond donors (Lipinski definition) is 1. The summed E-state index contributed by atoms with van der Waals surface area (Å²) in [6.07, 6.45) is -0.220. The topological polar surface area (TPSA) is 26.0 Å². The van der Waals surface area contributed by atoms with Gasteiger partial charge in [0.25, 0.3) is 0 Å². The molecule has 3 heteroatoms. The highest BCUT2D eigenvalue weighted by Gasteiger charge is 2.57. The second kappa shape index (κ2) is 3.77. The molecule has 1 aromatic rings. The van der Waals surface area contributed by atoms with Gasteiger partial charge in [-0.3, -0.25) is 0 Å². The summed E-state index contributed by atoms with van der Waals surface area (Å²) in [7, 11) is 0. The third-order valence-electron chi connectivity index (χ3n) is 3.79. The number of halogens is 2. The first-order chi connectivity index (χ1) is 7.80. The average molecular weight is 239 g/mol. The van der Waals surface area contributed by atoms with Gasteiger partial charge in [-0.25, -0.2) is 8.78 Å². The maximum atomic E-state index is 13.2. The van der Waals surface area contributed by atoms with Crippen molar-refractivity contribution < 1.29 is 8.78 Å². The van der Waals surface area contributed by atoms with Gasteiger partial charge < -0.3 is 5.73 Å². The Balaban J connectivity index is 2.47. The zero-order chi connectivity index (χ0) is 12.8. The van der Waals surface area contributed by atoms with Crippen LogP contribution in [0.5, 0.6) is 0 Å². The Labute approximate surface area is 101 Å². The van der Waals surface area contributed by atoms with Gasteiger partial charge in [0.05, 0.1) is 0 Å². The normalized spacial score (nSPS) is 21.1. The SMILES string of the molecule is Cc1cc(C)c(C2(CN)CC(F)(F)C2)c(C)c1. The largest absolute Gasteiger partial charge is 0.330 e. The van der Waals surface area contributed by atoms with Crippen molar-refractivity contribution in [1.82, 2.24) is 0 Å². The Morgan fingerprint density at radius 1 is 1.12 bits per heavy atom. The zero-order valence-electron chi connectivity index (χ0n) is 10.6. The fourth-order valence-corrected chi connectivity index (χ4v) is 3.38. The van der Waals surface area contributed by atoms with Crippen LogP contribution < -0.4 is 5.73 Å². The van der Waals surface area contributed by atoms with E-state index >= 15 is 0 Å². The monoisotopic (exact) mass is 239 g/mol. The minimum absolute atomic E-state index is 0.110. The van der Waals surface area contributed by atoms with Crippen LogP contribution >= 0.6 is 0 Å². The molecule has 1 nitrogen and oxygen atoms in total. The van der Waals surface area contributed by atoms with Crippen LogP contribution in [-0.4, -0.2) is 12.5 Å². The van der Waals surface area contributed by atoms with Crippen molar-refractivity contribution >= 4 is 0 Å². The van der Waals surface area contributed by atoms with E-state index in [-0.39, 0.29) is 12.8 Å². The van der Waals surface area contributed by atoms with Gasteiger partial charge in [-0.05, 0) is 37.5 Å². The minimum atomic E-state index is -2.54. The molecule has 1 aliphatic rings. The second-order valence-corrected chi connectivity index (χ2v) is 5.47. The molecule has 1 aromatic carbocycles. The second-order valence-electron chi connectivity index (χ2n) is 5.47. The van der Waals surface area contributed by atoms with Crippen LogP contribution in [0.15, 0.2) is 12.1 Å². The first-order valence-corrected chi connectivity index (χ1v) is 5.96. The van der Waals surface area contributed by atoms with Crippen molar-refractivity contribution in [3.63, 3.8) is 0 Å². The van der Waals surface area contributed by atoms with Gasteiger partial charge >= 0.3 is 0 Å². The molecule has 0 amide bonds. The third kappa shape index (κ3) is 1.97. The molecule has 0 aliphatic heterocycles. The van der Waals surface area contributed by atoms with Crippen molar-refractivity contribution in [2.75, 3.05) is 6.54 Å². The smallest absolute Gasteiger partial charge is 0.250 e. The molecule has 1 fully saturated rings. The van der Waals surface area contributed by atoms with Crippen molar-refractivity contribution in [3.8, 4) is 0 Å². The number of alkyl halides is 2. The summed E-state index contributed by atoms with van der Waals surface area (Å²) in [6, 6.07) is 4.10. The molecule has 0 heterocycles. The third-order valence-corrected chi connectivity index (χ3v) is 3.79. The van der Waals surface area contributed by atoms with Gasteiger partial charge in [-0.1, -0.05) is 17.7 Å². The quantitative estimate of drug-likeness (QED) is 0.842. The lowest BCUT2D eigenvalue weighted by atomic mass is 9.60. The van der Waals surface area contributed by atoms with E-state index in [1.807, 2.05) is 20.8 Å². The number of aryl methyl sites for hydroxylation is 3. The molecule has 94 valence electrons. The summed E-state index contributed by atoms with van der Waals surface area (Å²) < 4.78 is 26.4. The molecule has 0 saturated heterocycles. The number of hydrogen-bond acceptors (Lipinski definition) is 1. The van der Waals surface area contributed by atoms with E-state index in [0.29, 0.717) is 6.54 Å². The summed E-state index contributed by atoms with van der Waals surface area (Å²) in [4.78, 5) is 0. The minimum Gasteiger partial charge on any atom is -0.330 e. The summed E-state index contributed by atoms with van der Waals surface area (Å²) in [6.45, 7) is 6.30. The molecule has 0 aromatic heterocycles. The first kappa shape index (κ1) is 12.5. The molecule has 0 atom stereocenters. The Morgan fingerprint density at radius 3 is 1.94 bits per heavy atom. The number of benzene rings is 1. The summed E-state index contributed by atoms with van der Waals surface area (Å²) in [5.41, 5.74) is 9.64. The highest BCUT2D eigenvalue weighted by Crippen LogP contribution is 2.54. The van der Waals surface area contributed by atoms with Gasteiger partial charge in [-0.2, -0.15) is 0 Å². The molecule has 0 unspecified atom stereocenters. The van der Waals surface area contributed by atoms with Gasteiger partial charge in [0, 0.05) is 24.8 Å². The van der Waals surface area contributed by atoms with E-state index in [9.17, 15) is 8.78 Å². The number of rotatable bonds is 2. The molecule has 2 rings (SSSR count).